The molecular formula is C17H20N4. The summed E-state index contributed by atoms with van der Waals surface area (Å²) in [5.41, 5.74) is 1.26. The zero-order valence-corrected chi connectivity index (χ0v) is 12.1. The Morgan fingerprint density at radius 2 is 1.76 bits per heavy atom. The molecule has 2 unspecified atom stereocenters. The summed E-state index contributed by atoms with van der Waals surface area (Å²) in [6.07, 6.45) is 7.88. The molecule has 2 aliphatic rings. The summed E-state index contributed by atoms with van der Waals surface area (Å²) in [5, 5.41) is 7.52. The second-order valence-electron chi connectivity index (χ2n) is 6.11. The smallest absolute Gasteiger partial charge is 0.244 e. The third-order valence-electron chi connectivity index (χ3n) is 4.64. The van der Waals surface area contributed by atoms with Crippen molar-refractivity contribution in [3.63, 3.8) is 0 Å². The quantitative estimate of drug-likeness (QED) is 0.879. The number of aromatic nitrogens is 3. The average Bonchev–Trinajstić information content (AvgIpc) is 3.14. The number of hydrogen-bond acceptors (Lipinski definition) is 3. The van der Waals surface area contributed by atoms with Gasteiger partial charge in [0.05, 0.1) is 0 Å². The van der Waals surface area contributed by atoms with Gasteiger partial charge in [-0.15, -0.1) is 5.10 Å². The Kier molecular flexibility index (Phi) is 3.22. The first-order valence-electron chi connectivity index (χ1n) is 7.73. The molecule has 1 aliphatic carbocycles. The first-order chi connectivity index (χ1) is 10.4. The van der Waals surface area contributed by atoms with Crippen molar-refractivity contribution in [2.45, 2.75) is 19.3 Å². The zero-order valence-electron chi connectivity index (χ0n) is 12.1. The van der Waals surface area contributed by atoms with Crippen molar-refractivity contribution in [1.29, 1.82) is 0 Å². The molecule has 2 heterocycles. The SMILES string of the molecule is C1=CCC2CN(c3n[nH]c(Cc4ccccc4)n3)CC2C1. The van der Waals surface area contributed by atoms with E-state index in [0.29, 0.717) is 0 Å². The largest absolute Gasteiger partial charge is 0.339 e. The van der Waals surface area contributed by atoms with Crippen molar-refractivity contribution in [3.05, 3.63) is 53.9 Å². The number of nitrogens with zero attached hydrogens (tertiary/aromatic N) is 3. The van der Waals surface area contributed by atoms with E-state index in [-0.39, 0.29) is 0 Å². The molecule has 1 aliphatic heterocycles. The van der Waals surface area contributed by atoms with Gasteiger partial charge in [0.25, 0.3) is 0 Å². The van der Waals surface area contributed by atoms with Gasteiger partial charge in [0.1, 0.15) is 5.82 Å². The third-order valence-corrected chi connectivity index (χ3v) is 4.64. The van der Waals surface area contributed by atoms with Crippen LogP contribution in [0.1, 0.15) is 24.2 Å². The number of hydrogen-bond donors (Lipinski definition) is 1. The zero-order chi connectivity index (χ0) is 14.1. The first kappa shape index (κ1) is 12.6. The minimum Gasteiger partial charge on any atom is -0.339 e. The minimum atomic E-state index is 0.783. The van der Waals surface area contributed by atoms with Gasteiger partial charge in [-0.05, 0) is 30.2 Å². The maximum absolute atomic E-state index is 4.68. The molecule has 1 saturated heterocycles. The summed E-state index contributed by atoms with van der Waals surface area (Å²) < 4.78 is 0. The summed E-state index contributed by atoms with van der Waals surface area (Å²) >= 11 is 0. The highest BCUT2D eigenvalue weighted by Gasteiger charge is 2.34. The van der Waals surface area contributed by atoms with E-state index in [0.717, 1.165) is 43.1 Å². The van der Waals surface area contributed by atoms with Crippen molar-refractivity contribution in [1.82, 2.24) is 15.2 Å². The Morgan fingerprint density at radius 3 is 2.48 bits per heavy atom. The molecule has 0 radical (unpaired) electrons. The molecule has 4 rings (SSSR count). The molecule has 21 heavy (non-hydrogen) atoms. The Hall–Kier alpha value is -2.10. The molecule has 4 nitrogen and oxygen atoms in total. The van der Waals surface area contributed by atoms with Gasteiger partial charge in [0.15, 0.2) is 0 Å². The summed E-state index contributed by atoms with van der Waals surface area (Å²) in [7, 11) is 0. The lowest BCUT2D eigenvalue weighted by Gasteiger charge is -2.17. The fourth-order valence-corrected chi connectivity index (χ4v) is 3.47. The van der Waals surface area contributed by atoms with Crippen LogP contribution in [0.4, 0.5) is 5.95 Å². The molecule has 1 fully saturated rings. The number of fused-ring (bicyclic) bond motifs is 1. The van der Waals surface area contributed by atoms with Crippen LogP contribution in [0, 0.1) is 11.8 Å². The molecule has 0 saturated carbocycles. The number of benzene rings is 1. The van der Waals surface area contributed by atoms with Crippen LogP contribution in [0.25, 0.3) is 0 Å². The number of H-pyrrole nitrogens is 1. The highest BCUT2D eigenvalue weighted by molar-refractivity contribution is 5.33. The number of rotatable bonds is 3. The summed E-state index contributed by atoms with van der Waals surface area (Å²) in [4.78, 5) is 7.02. The molecule has 108 valence electrons. The fourth-order valence-electron chi connectivity index (χ4n) is 3.47. The van der Waals surface area contributed by atoms with Gasteiger partial charge in [-0.2, -0.15) is 4.98 Å². The van der Waals surface area contributed by atoms with Crippen molar-refractivity contribution in [3.8, 4) is 0 Å². The van der Waals surface area contributed by atoms with Gasteiger partial charge in [-0.1, -0.05) is 42.5 Å². The predicted octanol–water partition coefficient (Wildman–Crippen LogP) is 2.80. The highest BCUT2D eigenvalue weighted by Crippen LogP contribution is 2.34. The van der Waals surface area contributed by atoms with Crippen LogP contribution in [0.5, 0.6) is 0 Å². The van der Waals surface area contributed by atoms with E-state index in [2.05, 4.69) is 56.5 Å². The van der Waals surface area contributed by atoms with Gasteiger partial charge in [-0.3, -0.25) is 5.10 Å². The molecule has 4 heteroatoms. The lowest BCUT2D eigenvalue weighted by molar-refractivity contribution is 0.411. The summed E-state index contributed by atoms with van der Waals surface area (Å²) in [6.45, 7) is 2.19. The number of aromatic amines is 1. The van der Waals surface area contributed by atoms with Gasteiger partial charge >= 0.3 is 0 Å². The van der Waals surface area contributed by atoms with Crippen LogP contribution in [0.15, 0.2) is 42.5 Å². The second-order valence-corrected chi connectivity index (χ2v) is 6.11. The first-order valence-corrected chi connectivity index (χ1v) is 7.73. The second kappa shape index (κ2) is 5.35. The van der Waals surface area contributed by atoms with Gasteiger partial charge in [0.2, 0.25) is 5.95 Å². The molecule has 0 bridgehead atoms. The Bertz CT molecular complexity index is 615. The van der Waals surface area contributed by atoms with E-state index in [9.17, 15) is 0 Å². The van der Waals surface area contributed by atoms with Crippen LogP contribution in [-0.2, 0) is 6.42 Å². The lowest BCUT2D eigenvalue weighted by atomic mass is 9.86. The molecule has 1 aromatic carbocycles. The topological polar surface area (TPSA) is 44.8 Å². The summed E-state index contributed by atoms with van der Waals surface area (Å²) in [5.74, 6) is 3.39. The van der Waals surface area contributed by atoms with Crippen molar-refractivity contribution in [2.75, 3.05) is 18.0 Å². The molecule has 1 aromatic heterocycles. The van der Waals surface area contributed by atoms with Crippen molar-refractivity contribution in [2.24, 2.45) is 11.8 Å². The van der Waals surface area contributed by atoms with Crippen molar-refractivity contribution < 1.29 is 0 Å². The normalized spacial score (nSPS) is 24.3. The number of anilines is 1. The molecule has 2 atom stereocenters. The van der Waals surface area contributed by atoms with Crippen LogP contribution < -0.4 is 4.90 Å². The van der Waals surface area contributed by atoms with Crippen LogP contribution in [-0.4, -0.2) is 28.3 Å². The maximum Gasteiger partial charge on any atom is 0.244 e. The van der Waals surface area contributed by atoms with Crippen LogP contribution in [0.3, 0.4) is 0 Å². The number of nitrogens with one attached hydrogen (secondary N) is 1. The average molecular weight is 280 g/mol. The van der Waals surface area contributed by atoms with Crippen molar-refractivity contribution >= 4 is 5.95 Å². The molecule has 2 aromatic rings. The van der Waals surface area contributed by atoms with E-state index >= 15 is 0 Å². The van der Waals surface area contributed by atoms with Crippen LogP contribution >= 0.6 is 0 Å². The Morgan fingerprint density at radius 1 is 1.05 bits per heavy atom. The highest BCUT2D eigenvalue weighted by atomic mass is 15.4. The van der Waals surface area contributed by atoms with E-state index < -0.39 is 0 Å². The molecule has 1 N–H and O–H groups in total. The standard InChI is InChI=1S/C17H20N4/c1-2-6-13(7-3-1)10-16-18-17(20-19-16)21-11-14-8-4-5-9-15(14)12-21/h1-7,14-15H,8-12H2,(H,18,19,20). The molecule has 0 spiro atoms. The summed E-state index contributed by atoms with van der Waals surface area (Å²) in [6, 6.07) is 10.4. The fraction of sp³-hybridized carbons (Fsp3) is 0.412. The Labute approximate surface area is 124 Å². The predicted molar refractivity (Wildman–Crippen MR) is 83.2 cm³/mol. The van der Waals surface area contributed by atoms with Gasteiger partial charge < -0.3 is 4.90 Å². The minimum absolute atomic E-state index is 0.783. The van der Waals surface area contributed by atoms with E-state index in [1.165, 1.54) is 18.4 Å². The monoisotopic (exact) mass is 280 g/mol. The van der Waals surface area contributed by atoms with E-state index in [1.54, 1.807) is 0 Å². The van der Waals surface area contributed by atoms with E-state index in [4.69, 9.17) is 0 Å². The van der Waals surface area contributed by atoms with E-state index in [1.807, 2.05) is 6.07 Å². The Balaban J connectivity index is 1.45. The number of allylic oxidation sites excluding steroid dienone is 2. The molecule has 0 amide bonds. The van der Waals surface area contributed by atoms with Gasteiger partial charge in [0, 0.05) is 19.5 Å². The molecular weight excluding hydrogens is 260 g/mol. The maximum atomic E-state index is 4.68. The third kappa shape index (κ3) is 2.58. The lowest BCUT2D eigenvalue weighted by Crippen LogP contribution is -2.21. The van der Waals surface area contributed by atoms with Crippen LogP contribution in [0.2, 0.25) is 0 Å². The van der Waals surface area contributed by atoms with Gasteiger partial charge in [-0.25, -0.2) is 0 Å².